The van der Waals surface area contributed by atoms with Crippen LogP contribution in [0.1, 0.15) is 60.3 Å². The van der Waals surface area contributed by atoms with Crippen LogP contribution in [0.15, 0.2) is 42.5 Å². The Morgan fingerprint density at radius 2 is 1.66 bits per heavy atom. The van der Waals surface area contributed by atoms with Crippen LogP contribution in [-0.2, 0) is 15.7 Å². The van der Waals surface area contributed by atoms with E-state index in [2.05, 4.69) is 26.1 Å². The molecule has 0 aliphatic carbocycles. The number of hydrogen-bond acceptors (Lipinski definition) is 3. The maximum atomic E-state index is 13.1. The first kappa shape index (κ1) is 20.8. The molecule has 0 bridgehead atoms. The predicted octanol–water partition coefficient (Wildman–Crippen LogP) is 4.25. The average Bonchev–Trinajstić information content (AvgIpc) is 2.85. The summed E-state index contributed by atoms with van der Waals surface area (Å²) in [5.41, 5.74) is 3.07. The van der Waals surface area contributed by atoms with Gasteiger partial charge < -0.3 is 5.32 Å². The highest BCUT2D eigenvalue weighted by Crippen LogP contribution is 2.31. The van der Waals surface area contributed by atoms with E-state index in [9.17, 15) is 14.4 Å². The highest BCUT2D eigenvalue weighted by molar-refractivity contribution is 6.11. The molecule has 3 rings (SSSR count). The van der Waals surface area contributed by atoms with Crippen LogP contribution < -0.4 is 5.32 Å². The Hall–Kier alpha value is -2.95. The zero-order valence-corrected chi connectivity index (χ0v) is 17.9. The number of urea groups is 1. The molecule has 1 N–H and O–H groups in total. The van der Waals surface area contributed by atoms with Gasteiger partial charge in [0.2, 0.25) is 0 Å². The van der Waals surface area contributed by atoms with Gasteiger partial charge >= 0.3 is 6.03 Å². The summed E-state index contributed by atoms with van der Waals surface area (Å²) in [7, 11) is 0. The molecule has 2 aromatic rings. The summed E-state index contributed by atoms with van der Waals surface area (Å²) in [5, 5.41) is 2.77. The largest absolute Gasteiger partial charge is 0.325 e. The number of amides is 3. The SMILES string of the molecule is Cc1ccc(C(=O)CN2C(=O)NC(C)(c3ccc(C(C)(C)C)cc3)C2=O)c(C)c1. The number of carbonyl (C=O) groups excluding carboxylic acids is 3. The minimum absolute atomic E-state index is 0.00722. The molecule has 0 radical (unpaired) electrons. The van der Waals surface area contributed by atoms with Crippen molar-refractivity contribution < 1.29 is 14.4 Å². The molecule has 1 unspecified atom stereocenters. The van der Waals surface area contributed by atoms with E-state index in [4.69, 9.17) is 0 Å². The molecule has 0 aromatic heterocycles. The van der Waals surface area contributed by atoms with Gasteiger partial charge in [0.15, 0.2) is 5.78 Å². The number of carbonyl (C=O) groups is 3. The number of benzene rings is 2. The summed E-state index contributed by atoms with van der Waals surface area (Å²) >= 11 is 0. The van der Waals surface area contributed by atoms with Gasteiger partial charge in [0, 0.05) is 5.56 Å². The van der Waals surface area contributed by atoms with Gasteiger partial charge in [-0.15, -0.1) is 0 Å². The highest BCUT2D eigenvalue weighted by Gasteiger charge is 2.49. The predicted molar refractivity (Wildman–Crippen MR) is 113 cm³/mol. The Kier molecular flexibility index (Phi) is 5.11. The van der Waals surface area contributed by atoms with Crippen LogP contribution in [0, 0.1) is 13.8 Å². The third-order valence-corrected chi connectivity index (χ3v) is 5.59. The van der Waals surface area contributed by atoms with Crippen LogP contribution in [0.3, 0.4) is 0 Å². The Balaban J connectivity index is 1.84. The summed E-state index contributed by atoms with van der Waals surface area (Å²) in [6.07, 6.45) is 0. The molecule has 1 fully saturated rings. The van der Waals surface area contributed by atoms with Crippen molar-refractivity contribution in [2.24, 2.45) is 0 Å². The van der Waals surface area contributed by atoms with Crippen LogP contribution in [0.5, 0.6) is 0 Å². The molecule has 1 aliphatic rings. The Morgan fingerprint density at radius 3 is 2.21 bits per heavy atom. The summed E-state index contributed by atoms with van der Waals surface area (Å²) in [5.74, 6) is -0.664. The molecule has 5 nitrogen and oxygen atoms in total. The lowest BCUT2D eigenvalue weighted by atomic mass is 9.84. The van der Waals surface area contributed by atoms with Crippen molar-refractivity contribution in [2.45, 2.75) is 52.5 Å². The fourth-order valence-electron chi connectivity index (χ4n) is 3.70. The number of aryl methyl sites for hydroxylation is 2. The van der Waals surface area contributed by atoms with Gasteiger partial charge in [0.05, 0.1) is 6.54 Å². The summed E-state index contributed by atoms with van der Waals surface area (Å²) < 4.78 is 0. The Bertz CT molecular complexity index is 986. The second-order valence-corrected chi connectivity index (χ2v) is 9.02. The van der Waals surface area contributed by atoms with E-state index in [1.807, 2.05) is 50.2 Å². The van der Waals surface area contributed by atoms with Crippen LogP contribution in [0.2, 0.25) is 0 Å². The molecule has 0 spiro atoms. The molecule has 29 heavy (non-hydrogen) atoms. The van der Waals surface area contributed by atoms with Crippen molar-refractivity contribution in [3.05, 3.63) is 70.3 Å². The molecule has 2 aromatic carbocycles. The topological polar surface area (TPSA) is 66.5 Å². The zero-order chi connectivity index (χ0) is 21.6. The number of Topliss-reactive ketones (excluding diaryl/α,β-unsaturated/α-hetero) is 1. The van der Waals surface area contributed by atoms with Crippen molar-refractivity contribution >= 4 is 17.7 Å². The number of nitrogens with zero attached hydrogens (tertiary/aromatic N) is 1. The van der Waals surface area contributed by atoms with Crippen LogP contribution >= 0.6 is 0 Å². The van der Waals surface area contributed by atoms with E-state index in [0.717, 1.165) is 21.6 Å². The van der Waals surface area contributed by atoms with Crippen LogP contribution in [-0.4, -0.2) is 29.2 Å². The third-order valence-electron chi connectivity index (χ3n) is 5.59. The average molecular weight is 392 g/mol. The minimum Gasteiger partial charge on any atom is -0.319 e. The normalized spacial score (nSPS) is 19.4. The van der Waals surface area contributed by atoms with Gasteiger partial charge in [-0.05, 0) is 42.9 Å². The molecular formula is C24H28N2O3. The standard InChI is InChI=1S/C24H28N2O3/c1-15-7-12-19(16(2)13-15)20(27)14-26-21(28)24(6,25-22(26)29)18-10-8-17(9-11-18)23(3,4)5/h7-13H,14H2,1-6H3,(H,25,29). The maximum Gasteiger partial charge on any atom is 0.325 e. The van der Waals surface area contributed by atoms with Crippen molar-refractivity contribution in [3.8, 4) is 0 Å². The summed E-state index contributed by atoms with van der Waals surface area (Å²) in [6, 6.07) is 12.7. The quantitative estimate of drug-likeness (QED) is 0.625. The first-order valence-corrected chi connectivity index (χ1v) is 9.79. The van der Waals surface area contributed by atoms with E-state index < -0.39 is 17.5 Å². The monoisotopic (exact) mass is 392 g/mol. The summed E-state index contributed by atoms with van der Waals surface area (Å²) in [6.45, 7) is 11.6. The number of rotatable bonds is 4. The molecule has 1 aliphatic heterocycles. The molecule has 152 valence electrons. The second-order valence-electron chi connectivity index (χ2n) is 9.02. The van der Waals surface area contributed by atoms with Crippen molar-refractivity contribution in [1.82, 2.24) is 10.2 Å². The van der Waals surface area contributed by atoms with Gasteiger partial charge in [-0.3, -0.25) is 14.5 Å². The lowest BCUT2D eigenvalue weighted by Gasteiger charge is -2.24. The number of ketones is 1. The van der Waals surface area contributed by atoms with E-state index in [0.29, 0.717) is 11.1 Å². The number of imide groups is 1. The molecule has 1 atom stereocenters. The lowest BCUT2D eigenvalue weighted by molar-refractivity contribution is -0.130. The smallest absolute Gasteiger partial charge is 0.319 e. The van der Waals surface area contributed by atoms with Gasteiger partial charge in [0.25, 0.3) is 5.91 Å². The molecule has 5 heteroatoms. The maximum absolute atomic E-state index is 13.1. The fraction of sp³-hybridized carbons (Fsp3) is 0.375. The first-order valence-electron chi connectivity index (χ1n) is 9.79. The third kappa shape index (κ3) is 3.82. The van der Waals surface area contributed by atoms with Gasteiger partial charge in [0.1, 0.15) is 5.54 Å². The minimum atomic E-state index is -1.18. The molecule has 1 heterocycles. The highest BCUT2D eigenvalue weighted by atomic mass is 16.2. The van der Waals surface area contributed by atoms with Gasteiger partial charge in [-0.2, -0.15) is 0 Å². The molecule has 0 saturated carbocycles. The zero-order valence-electron chi connectivity index (χ0n) is 17.9. The number of hydrogen-bond donors (Lipinski definition) is 1. The molecule has 1 saturated heterocycles. The van der Waals surface area contributed by atoms with Crippen LogP contribution in [0.25, 0.3) is 0 Å². The lowest BCUT2D eigenvalue weighted by Crippen LogP contribution is -2.41. The fourth-order valence-corrected chi connectivity index (χ4v) is 3.70. The van der Waals surface area contributed by atoms with Gasteiger partial charge in [-0.25, -0.2) is 4.79 Å². The second kappa shape index (κ2) is 7.14. The van der Waals surface area contributed by atoms with Crippen molar-refractivity contribution in [3.63, 3.8) is 0 Å². The molecular weight excluding hydrogens is 364 g/mol. The van der Waals surface area contributed by atoms with Crippen molar-refractivity contribution in [2.75, 3.05) is 6.54 Å². The first-order chi connectivity index (χ1) is 13.4. The molecule has 3 amide bonds. The van der Waals surface area contributed by atoms with E-state index in [-0.39, 0.29) is 17.7 Å². The van der Waals surface area contributed by atoms with E-state index in [1.165, 1.54) is 0 Å². The van der Waals surface area contributed by atoms with Crippen molar-refractivity contribution in [1.29, 1.82) is 0 Å². The Labute approximate surface area is 172 Å². The van der Waals surface area contributed by atoms with E-state index >= 15 is 0 Å². The summed E-state index contributed by atoms with van der Waals surface area (Å²) in [4.78, 5) is 39.4. The number of nitrogens with one attached hydrogen (secondary N) is 1. The Morgan fingerprint density at radius 1 is 1.03 bits per heavy atom. The van der Waals surface area contributed by atoms with E-state index in [1.54, 1.807) is 13.0 Å². The van der Waals surface area contributed by atoms with Gasteiger partial charge in [-0.1, -0.05) is 68.8 Å². The van der Waals surface area contributed by atoms with Crippen LogP contribution in [0.4, 0.5) is 4.79 Å².